The number of para-hydroxylation sites is 3. The number of alkyl halides is 1. The molecule has 9 heteroatoms. The second kappa shape index (κ2) is 14.9. The molecule has 0 aromatic heterocycles. The Morgan fingerprint density at radius 2 is 0.853 bits per heavy atom. The van der Waals surface area contributed by atoms with Crippen LogP contribution in [0.25, 0.3) is 0 Å². The maximum Gasteiger partial charge on any atom is 0.188 e. The molecule has 0 fully saturated rings. The predicted octanol–water partition coefficient (Wildman–Crippen LogP) is 1.29. The number of methoxy groups -OCH3 is 3. The van der Waals surface area contributed by atoms with Crippen molar-refractivity contribution in [1.29, 1.82) is 0 Å². The third kappa shape index (κ3) is 6.42. The quantitative estimate of drug-likeness (QED) is 0.119. The molecule has 0 radical (unpaired) electrons. The summed E-state index contributed by atoms with van der Waals surface area (Å²) in [6.07, 6.45) is 0. The van der Waals surface area contributed by atoms with E-state index in [9.17, 15) is 0 Å². The molecule has 0 aliphatic heterocycles. The highest BCUT2D eigenvalue weighted by atomic mass is 127. The molecule has 0 aliphatic rings. The number of hydrogen-bond donors (Lipinski definition) is 0. The molecular formula is C25H29BrIO6P. The second-order valence-corrected chi connectivity index (χ2v) is 11.8. The van der Waals surface area contributed by atoms with Gasteiger partial charge in [0.25, 0.3) is 0 Å². The molecule has 0 atom stereocenters. The molecule has 0 N–H and O–H groups in total. The molecule has 0 aliphatic carbocycles. The van der Waals surface area contributed by atoms with Gasteiger partial charge < -0.3 is 52.4 Å². The van der Waals surface area contributed by atoms with Crippen LogP contribution in [0.2, 0.25) is 0 Å². The van der Waals surface area contributed by atoms with Gasteiger partial charge in [0.1, 0.15) is 28.2 Å². The lowest BCUT2D eigenvalue weighted by Crippen LogP contribution is -3.00. The Bertz CT molecular complexity index is 897. The van der Waals surface area contributed by atoms with E-state index in [0.29, 0.717) is 5.07 Å². The van der Waals surface area contributed by atoms with Crippen molar-refractivity contribution in [2.75, 3.05) is 46.8 Å². The number of benzene rings is 3. The van der Waals surface area contributed by atoms with Crippen molar-refractivity contribution in [2.24, 2.45) is 0 Å². The number of halogens is 2. The molecule has 34 heavy (non-hydrogen) atoms. The summed E-state index contributed by atoms with van der Waals surface area (Å²) in [4.78, 5) is 0. The highest BCUT2D eigenvalue weighted by Crippen LogP contribution is 2.61. The molecule has 0 heterocycles. The number of ether oxygens (including phenoxy) is 6. The Morgan fingerprint density at radius 3 is 1.12 bits per heavy atom. The van der Waals surface area contributed by atoms with Crippen LogP contribution >= 0.6 is 23.2 Å². The monoisotopic (exact) mass is 662 g/mol. The van der Waals surface area contributed by atoms with Crippen LogP contribution < -0.4 is 54.1 Å². The van der Waals surface area contributed by atoms with Gasteiger partial charge in [-0.3, -0.25) is 0 Å². The predicted molar refractivity (Wildman–Crippen MR) is 136 cm³/mol. The zero-order chi connectivity index (χ0) is 23.5. The fourth-order valence-electron chi connectivity index (χ4n) is 3.63. The van der Waals surface area contributed by atoms with E-state index < -0.39 is 7.26 Å². The lowest BCUT2D eigenvalue weighted by molar-refractivity contribution is -0.0000164. The van der Waals surface area contributed by atoms with Gasteiger partial charge in [-0.15, -0.1) is 0 Å². The first-order valence-electron chi connectivity index (χ1n) is 10.3. The van der Waals surface area contributed by atoms with Gasteiger partial charge in [-0.2, -0.15) is 0 Å². The minimum Gasteiger partial charge on any atom is -1.00 e. The topological polar surface area (TPSA) is 55.4 Å². The first-order chi connectivity index (χ1) is 16.2. The van der Waals surface area contributed by atoms with Crippen molar-refractivity contribution in [3.63, 3.8) is 0 Å². The van der Waals surface area contributed by atoms with Crippen LogP contribution in [-0.4, -0.2) is 46.8 Å². The van der Waals surface area contributed by atoms with Crippen molar-refractivity contribution in [3.8, 4) is 17.2 Å². The fraction of sp³-hybridized carbons (Fsp3) is 0.280. The lowest BCUT2D eigenvalue weighted by atomic mass is 10.3. The highest BCUT2D eigenvalue weighted by molar-refractivity contribution is 9.10. The van der Waals surface area contributed by atoms with Crippen molar-refractivity contribution < 1.29 is 52.4 Å². The molecule has 0 amide bonds. The van der Waals surface area contributed by atoms with E-state index in [-0.39, 0.29) is 44.4 Å². The van der Waals surface area contributed by atoms with Gasteiger partial charge in [0.15, 0.2) is 37.6 Å². The average molecular weight is 663 g/mol. The van der Waals surface area contributed by atoms with Gasteiger partial charge >= 0.3 is 0 Å². The minimum absolute atomic E-state index is 0. The number of rotatable bonds is 13. The van der Waals surface area contributed by atoms with Crippen LogP contribution in [0.3, 0.4) is 0 Å². The van der Waals surface area contributed by atoms with E-state index in [2.05, 4.69) is 34.1 Å². The van der Waals surface area contributed by atoms with E-state index in [1.807, 2.05) is 54.6 Å². The van der Waals surface area contributed by atoms with Crippen molar-refractivity contribution in [3.05, 3.63) is 72.8 Å². The molecule has 0 saturated carbocycles. The van der Waals surface area contributed by atoms with E-state index in [4.69, 9.17) is 28.4 Å². The summed E-state index contributed by atoms with van der Waals surface area (Å²) in [7, 11) is 2.43. The summed E-state index contributed by atoms with van der Waals surface area (Å²) in [5.41, 5.74) is 0. The molecule has 184 valence electrons. The SMILES string of the molecule is COCOc1ccccc1[P+](CBr)(c1ccccc1OCOC)c1ccccc1OCOC.[I-]. The van der Waals surface area contributed by atoms with Crippen molar-refractivity contribution in [2.45, 2.75) is 0 Å². The van der Waals surface area contributed by atoms with Crippen molar-refractivity contribution >= 4 is 39.1 Å². The van der Waals surface area contributed by atoms with E-state index in [0.717, 1.165) is 33.2 Å². The first-order valence-corrected chi connectivity index (χ1v) is 13.4. The summed E-state index contributed by atoms with van der Waals surface area (Å²) >= 11 is 3.88. The van der Waals surface area contributed by atoms with Gasteiger partial charge in [-0.25, -0.2) is 0 Å². The number of hydrogen-bond acceptors (Lipinski definition) is 6. The zero-order valence-electron chi connectivity index (χ0n) is 19.4. The van der Waals surface area contributed by atoms with Crippen LogP contribution in [-0.2, 0) is 14.2 Å². The van der Waals surface area contributed by atoms with Gasteiger partial charge in [-0.1, -0.05) is 36.4 Å². The van der Waals surface area contributed by atoms with Crippen molar-refractivity contribution in [1.82, 2.24) is 0 Å². The van der Waals surface area contributed by atoms with Crippen LogP contribution in [0.5, 0.6) is 17.2 Å². The van der Waals surface area contributed by atoms with Crippen LogP contribution in [0.4, 0.5) is 0 Å². The molecule has 0 spiro atoms. The van der Waals surface area contributed by atoms with Crippen LogP contribution in [0.15, 0.2) is 72.8 Å². The second-order valence-electron chi connectivity index (χ2n) is 6.99. The summed E-state index contributed by atoms with van der Waals surface area (Å²) in [6, 6.07) is 24.1. The van der Waals surface area contributed by atoms with Gasteiger partial charge in [0.05, 0.1) is 0 Å². The summed E-state index contributed by atoms with van der Waals surface area (Å²) in [5.74, 6) is 2.24. The van der Waals surface area contributed by atoms with E-state index >= 15 is 0 Å². The maximum atomic E-state index is 6.03. The Labute approximate surface area is 227 Å². The summed E-state index contributed by atoms with van der Waals surface area (Å²) in [6.45, 7) is 0.425. The van der Waals surface area contributed by atoms with Gasteiger partial charge in [0.2, 0.25) is 0 Å². The standard InChI is InChI=1S/C25H29BrO6P.HI/c1-27-17-30-20-10-4-7-13-23(20)33(16-26,24-14-8-5-11-21(24)31-18-28-2)25-15-9-6-12-22(25)32-19-29-3;/h4-15H,16-19H2,1-3H3;1H/q+1;/p-1. The highest BCUT2D eigenvalue weighted by Gasteiger charge is 2.51. The molecule has 0 bridgehead atoms. The summed E-state index contributed by atoms with van der Waals surface area (Å²) in [5, 5.41) is 3.76. The summed E-state index contributed by atoms with van der Waals surface area (Å²) < 4.78 is 33.7. The fourth-order valence-corrected chi connectivity index (χ4v) is 9.80. The molecule has 0 saturated heterocycles. The molecule has 3 aromatic rings. The molecule has 3 rings (SSSR count). The molecular weight excluding hydrogens is 634 g/mol. The molecule has 3 aromatic carbocycles. The normalized spacial score (nSPS) is 10.9. The van der Waals surface area contributed by atoms with Gasteiger partial charge in [-0.05, 0) is 52.3 Å². The zero-order valence-corrected chi connectivity index (χ0v) is 24.0. The largest absolute Gasteiger partial charge is 1.00 e. The Hall–Kier alpha value is -1.42. The maximum absolute atomic E-state index is 6.03. The smallest absolute Gasteiger partial charge is 0.188 e. The molecule has 6 nitrogen and oxygen atoms in total. The van der Waals surface area contributed by atoms with Gasteiger partial charge in [0, 0.05) is 21.3 Å². The van der Waals surface area contributed by atoms with E-state index in [1.165, 1.54) is 0 Å². The minimum atomic E-state index is -2.39. The third-order valence-corrected chi connectivity index (χ3v) is 11.2. The van der Waals surface area contributed by atoms with E-state index in [1.54, 1.807) is 21.3 Å². The Balaban J connectivity index is 0.00000408. The molecule has 0 unspecified atom stereocenters. The average Bonchev–Trinajstić information content (AvgIpc) is 2.87. The van der Waals surface area contributed by atoms with Crippen LogP contribution in [0.1, 0.15) is 0 Å². The first kappa shape index (κ1) is 28.8. The Kier molecular flexibility index (Phi) is 12.6. The van der Waals surface area contributed by atoms with Crippen LogP contribution in [0, 0.1) is 0 Å². The Morgan fingerprint density at radius 1 is 0.559 bits per heavy atom. The lowest BCUT2D eigenvalue weighted by Gasteiger charge is -2.29. The third-order valence-electron chi connectivity index (χ3n) is 5.01.